The SMILES string of the molecule is c1cc2c(cc1-c1conn1)CCOC2. The van der Waals surface area contributed by atoms with E-state index in [9.17, 15) is 0 Å². The predicted octanol–water partition coefficient (Wildman–Crippen LogP) is 1.81. The van der Waals surface area contributed by atoms with E-state index in [2.05, 4.69) is 22.5 Å². The van der Waals surface area contributed by atoms with Crippen molar-refractivity contribution in [2.45, 2.75) is 13.0 Å². The van der Waals surface area contributed by atoms with E-state index in [1.54, 1.807) is 6.26 Å². The van der Waals surface area contributed by atoms with Crippen LogP contribution < -0.4 is 0 Å². The Morgan fingerprint density at radius 2 is 2.20 bits per heavy atom. The number of fused-ring (bicyclic) bond motifs is 1. The van der Waals surface area contributed by atoms with Gasteiger partial charge in [0.2, 0.25) is 0 Å². The van der Waals surface area contributed by atoms with E-state index in [0.29, 0.717) is 6.61 Å². The molecular formula is C11H10N2O2. The van der Waals surface area contributed by atoms with Gasteiger partial charge in [-0.3, -0.25) is 0 Å². The molecule has 0 amide bonds. The van der Waals surface area contributed by atoms with Gasteiger partial charge in [-0.2, -0.15) is 0 Å². The van der Waals surface area contributed by atoms with Crippen LogP contribution in [-0.2, 0) is 17.8 Å². The van der Waals surface area contributed by atoms with Crippen molar-refractivity contribution in [2.75, 3.05) is 6.61 Å². The molecule has 2 heterocycles. The minimum absolute atomic E-state index is 0.715. The zero-order valence-corrected chi connectivity index (χ0v) is 8.14. The summed E-state index contributed by atoms with van der Waals surface area (Å²) in [6, 6.07) is 6.24. The Kier molecular flexibility index (Phi) is 1.99. The summed E-state index contributed by atoms with van der Waals surface area (Å²) in [4.78, 5) is 0. The van der Waals surface area contributed by atoms with Crippen LogP contribution in [0.15, 0.2) is 29.0 Å². The maximum atomic E-state index is 5.38. The number of ether oxygens (including phenoxy) is 1. The van der Waals surface area contributed by atoms with Crippen LogP contribution in [0.4, 0.5) is 0 Å². The van der Waals surface area contributed by atoms with E-state index in [-0.39, 0.29) is 0 Å². The predicted molar refractivity (Wildman–Crippen MR) is 53.1 cm³/mol. The van der Waals surface area contributed by atoms with E-state index in [4.69, 9.17) is 9.26 Å². The maximum absolute atomic E-state index is 5.38. The van der Waals surface area contributed by atoms with Gasteiger partial charge in [0, 0.05) is 10.8 Å². The van der Waals surface area contributed by atoms with Crippen molar-refractivity contribution in [3.05, 3.63) is 35.6 Å². The number of rotatable bonds is 1. The molecule has 1 aromatic carbocycles. The molecule has 15 heavy (non-hydrogen) atoms. The number of hydrogen-bond donors (Lipinski definition) is 0. The molecule has 2 aromatic rings. The van der Waals surface area contributed by atoms with Gasteiger partial charge in [-0.05, 0) is 23.6 Å². The second-order valence-corrected chi connectivity index (χ2v) is 3.58. The molecule has 0 spiro atoms. The third-order valence-corrected chi connectivity index (χ3v) is 2.64. The fourth-order valence-electron chi connectivity index (χ4n) is 1.81. The van der Waals surface area contributed by atoms with Crippen molar-refractivity contribution < 1.29 is 9.26 Å². The number of nitrogens with zero attached hydrogens (tertiary/aromatic N) is 2. The van der Waals surface area contributed by atoms with E-state index in [0.717, 1.165) is 24.3 Å². The zero-order chi connectivity index (χ0) is 10.1. The quantitative estimate of drug-likeness (QED) is 0.707. The maximum Gasteiger partial charge on any atom is 0.152 e. The molecule has 0 radical (unpaired) electrons. The molecule has 0 bridgehead atoms. The summed E-state index contributed by atoms with van der Waals surface area (Å²) in [6.45, 7) is 1.51. The second-order valence-electron chi connectivity index (χ2n) is 3.58. The summed E-state index contributed by atoms with van der Waals surface area (Å²) in [5.41, 5.74) is 4.43. The van der Waals surface area contributed by atoms with Crippen LogP contribution in [0.1, 0.15) is 11.1 Å². The number of aromatic nitrogens is 2. The fourth-order valence-corrected chi connectivity index (χ4v) is 1.81. The normalized spacial score (nSPS) is 14.9. The molecule has 3 rings (SSSR count). The van der Waals surface area contributed by atoms with Crippen molar-refractivity contribution >= 4 is 0 Å². The molecule has 76 valence electrons. The summed E-state index contributed by atoms with van der Waals surface area (Å²) < 4.78 is 10.1. The molecule has 0 fully saturated rings. The Labute approximate surface area is 86.8 Å². The molecule has 0 saturated carbocycles. The lowest BCUT2D eigenvalue weighted by Gasteiger charge is -2.16. The van der Waals surface area contributed by atoms with Gasteiger partial charge in [-0.1, -0.05) is 12.1 Å². The highest BCUT2D eigenvalue weighted by Crippen LogP contribution is 2.23. The summed E-state index contributed by atoms with van der Waals surface area (Å²) in [5, 5.41) is 7.35. The van der Waals surface area contributed by atoms with Crippen LogP contribution in [-0.4, -0.2) is 17.0 Å². The van der Waals surface area contributed by atoms with E-state index in [1.807, 2.05) is 6.07 Å². The molecule has 1 aliphatic heterocycles. The van der Waals surface area contributed by atoms with E-state index >= 15 is 0 Å². The van der Waals surface area contributed by atoms with Crippen LogP contribution in [0.5, 0.6) is 0 Å². The van der Waals surface area contributed by atoms with Crippen LogP contribution >= 0.6 is 0 Å². The van der Waals surface area contributed by atoms with Gasteiger partial charge in [0.25, 0.3) is 0 Å². The molecule has 0 N–H and O–H groups in total. The van der Waals surface area contributed by atoms with Crippen molar-refractivity contribution in [3.63, 3.8) is 0 Å². The number of hydrogen-bond acceptors (Lipinski definition) is 4. The Morgan fingerprint density at radius 3 is 3.07 bits per heavy atom. The van der Waals surface area contributed by atoms with Gasteiger partial charge in [-0.25, -0.2) is 0 Å². The molecule has 0 aliphatic carbocycles. The standard InChI is InChI=1S/C11H10N2O2/c1-2-10-6-14-4-3-8(10)5-9(1)11-7-15-13-12-11/h1-2,5,7H,3-4,6H2. The molecule has 1 aromatic heterocycles. The molecule has 1 aliphatic rings. The van der Waals surface area contributed by atoms with Gasteiger partial charge in [0.1, 0.15) is 5.69 Å². The summed E-state index contributed by atoms with van der Waals surface area (Å²) >= 11 is 0. The Morgan fingerprint density at radius 1 is 1.20 bits per heavy atom. The topological polar surface area (TPSA) is 48.2 Å². The third-order valence-electron chi connectivity index (χ3n) is 2.64. The first-order valence-electron chi connectivity index (χ1n) is 4.90. The molecule has 4 heteroatoms. The largest absolute Gasteiger partial charge is 0.376 e. The lowest BCUT2D eigenvalue weighted by molar-refractivity contribution is 0.111. The third kappa shape index (κ3) is 1.53. The monoisotopic (exact) mass is 202 g/mol. The second kappa shape index (κ2) is 3.47. The van der Waals surface area contributed by atoms with E-state index in [1.165, 1.54) is 11.1 Å². The lowest BCUT2D eigenvalue weighted by Crippen LogP contribution is -2.09. The van der Waals surface area contributed by atoms with Gasteiger partial charge < -0.3 is 9.26 Å². The van der Waals surface area contributed by atoms with Crippen molar-refractivity contribution in [3.8, 4) is 11.3 Å². The minimum atomic E-state index is 0.715. The first kappa shape index (κ1) is 8.61. The Balaban J connectivity index is 2.04. The molecular weight excluding hydrogens is 192 g/mol. The Bertz CT molecular complexity index is 465. The number of benzene rings is 1. The van der Waals surface area contributed by atoms with Crippen LogP contribution in [0, 0.1) is 0 Å². The summed E-state index contributed by atoms with van der Waals surface area (Å²) in [7, 11) is 0. The fraction of sp³-hybridized carbons (Fsp3) is 0.273. The lowest BCUT2D eigenvalue weighted by atomic mass is 9.99. The first-order chi connectivity index (χ1) is 7.43. The highest BCUT2D eigenvalue weighted by Gasteiger charge is 2.11. The highest BCUT2D eigenvalue weighted by atomic mass is 16.5. The van der Waals surface area contributed by atoms with Crippen LogP contribution in [0.2, 0.25) is 0 Å². The average Bonchev–Trinajstić information content (AvgIpc) is 2.82. The Hall–Kier alpha value is -1.68. The first-order valence-corrected chi connectivity index (χ1v) is 4.90. The van der Waals surface area contributed by atoms with Crippen molar-refractivity contribution in [1.29, 1.82) is 0 Å². The van der Waals surface area contributed by atoms with Crippen LogP contribution in [0.25, 0.3) is 11.3 Å². The van der Waals surface area contributed by atoms with Gasteiger partial charge in [0.05, 0.1) is 13.2 Å². The summed E-state index contributed by atoms with van der Waals surface area (Å²) in [6.07, 6.45) is 2.52. The minimum Gasteiger partial charge on any atom is -0.376 e. The van der Waals surface area contributed by atoms with Crippen molar-refractivity contribution in [1.82, 2.24) is 10.4 Å². The van der Waals surface area contributed by atoms with E-state index < -0.39 is 0 Å². The summed E-state index contributed by atoms with van der Waals surface area (Å²) in [5.74, 6) is 0. The molecule has 4 nitrogen and oxygen atoms in total. The van der Waals surface area contributed by atoms with Crippen LogP contribution in [0.3, 0.4) is 0 Å². The van der Waals surface area contributed by atoms with Crippen molar-refractivity contribution in [2.24, 2.45) is 0 Å². The van der Waals surface area contributed by atoms with Gasteiger partial charge in [0.15, 0.2) is 6.26 Å². The highest BCUT2D eigenvalue weighted by molar-refractivity contribution is 5.59. The zero-order valence-electron chi connectivity index (χ0n) is 8.14. The van der Waals surface area contributed by atoms with Gasteiger partial charge in [-0.15, -0.1) is 5.10 Å². The van der Waals surface area contributed by atoms with Gasteiger partial charge >= 0.3 is 0 Å². The average molecular weight is 202 g/mol. The molecule has 0 atom stereocenters. The molecule has 0 unspecified atom stereocenters. The molecule has 0 saturated heterocycles. The smallest absolute Gasteiger partial charge is 0.152 e.